The largest absolute Gasteiger partial charge is 0.367 e. The van der Waals surface area contributed by atoms with Crippen LogP contribution < -0.4 is 5.32 Å². The fourth-order valence-electron chi connectivity index (χ4n) is 1.43. The zero-order chi connectivity index (χ0) is 10.4. The Morgan fingerprint density at radius 3 is 2.86 bits per heavy atom. The third-order valence-electron chi connectivity index (χ3n) is 2.25. The Hall–Kier alpha value is -1.08. The molecule has 1 aliphatic rings. The van der Waals surface area contributed by atoms with Crippen LogP contribution in [0.2, 0.25) is 0 Å². The number of hydrogen-bond acceptors (Lipinski definition) is 3. The molecule has 0 amide bonds. The smallest absolute Gasteiger partial charge is 0.167 e. The minimum Gasteiger partial charge on any atom is -0.367 e. The second-order valence-electron chi connectivity index (χ2n) is 3.29. The summed E-state index contributed by atoms with van der Waals surface area (Å²) in [5.41, 5.74) is 1.23. The number of nitrogens with one attached hydrogen (secondary N) is 1. The van der Waals surface area contributed by atoms with Gasteiger partial charge in [-0.2, -0.15) is 0 Å². The highest BCUT2D eigenvalue weighted by molar-refractivity contribution is 5.21. The van der Waals surface area contributed by atoms with Crippen LogP contribution in [-0.4, -0.2) is 29.1 Å². The average Bonchev–Trinajstić information content (AvgIpc) is 2.19. The standard InChI is InChI=1S/C11H15NO2/c1-2-3-4-5-9-6-7-10(11(13)14)12-8-9/h1,3-5,10-14H,6-8H2/b4-3-,9-5+/t10-/m0/s1. The molecule has 0 unspecified atom stereocenters. The van der Waals surface area contributed by atoms with Gasteiger partial charge in [-0.25, -0.2) is 0 Å². The van der Waals surface area contributed by atoms with Gasteiger partial charge < -0.3 is 15.5 Å². The van der Waals surface area contributed by atoms with Crippen molar-refractivity contribution in [2.75, 3.05) is 6.54 Å². The van der Waals surface area contributed by atoms with Crippen molar-refractivity contribution in [2.45, 2.75) is 25.2 Å². The van der Waals surface area contributed by atoms with Crippen molar-refractivity contribution in [2.24, 2.45) is 0 Å². The average molecular weight is 193 g/mol. The number of piperidine rings is 1. The highest BCUT2D eigenvalue weighted by Gasteiger charge is 2.20. The maximum atomic E-state index is 8.91. The van der Waals surface area contributed by atoms with E-state index < -0.39 is 6.29 Å². The molecule has 14 heavy (non-hydrogen) atoms. The van der Waals surface area contributed by atoms with Gasteiger partial charge in [-0.1, -0.05) is 23.6 Å². The van der Waals surface area contributed by atoms with E-state index in [1.165, 1.54) is 5.57 Å². The first-order valence-electron chi connectivity index (χ1n) is 4.64. The monoisotopic (exact) mass is 193 g/mol. The molecule has 1 fully saturated rings. The van der Waals surface area contributed by atoms with Gasteiger partial charge in [0, 0.05) is 6.54 Å². The van der Waals surface area contributed by atoms with Crippen LogP contribution >= 0.6 is 0 Å². The third kappa shape index (κ3) is 3.35. The van der Waals surface area contributed by atoms with Crippen LogP contribution in [0.1, 0.15) is 12.8 Å². The van der Waals surface area contributed by atoms with Gasteiger partial charge >= 0.3 is 0 Å². The van der Waals surface area contributed by atoms with E-state index in [0.717, 1.165) is 12.8 Å². The van der Waals surface area contributed by atoms with Gasteiger partial charge in [0.1, 0.15) is 0 Å². The molecule has 0 saturated carbocycles. The van der Waals surface area contributed by atoms with Crippen LogP contribution in [0.3, 0.4) is 0 Å². The second kappa shape index (κ2) is 5.61. The Balaban J connectivity index is 2.40. The van der Waals surface area contributed by atoms with E-state index >= 15 is 0 Å². The highest BCUT2D eigenvalue weighted by Crippen LogP contribution is 2.14. The molecule has 0 aromatic rings. The van der Waals surface area contributed by atoms with Crippen LogP contribution in [0.5, 0.6) is 0 Å². The Bertz CT molecular complexity index is 264. The molecular formula is C11H15NO2. The van der Waals surface area contributed by atoms with Gasteiger partial charge in [0.2, 0.25) is 0 Å². The second-order valence-corrected chi connectivity index (χ2v) is 3.29. The van der Waals surface area contributed by atoms with Crippen molar-refractivity contribution in [1.29, 1.82) is 0 Å². The summed E-state index contributed by atoms with van der Waals surface area (Å²) in [5.74, 6) is 2.41. The summed E-state index contributed by atoms with van der Waals surface area (Å²) in [7, 11) is 0. The first-order valence-corrected chi connectivity index (χ1v) is 4.64. The van der Waals surface area contributed by atoms with E-state index in [1.807, 2.05) is 12.2 Å². The summed E-state index contributed by atoms with van der Waals surface area (Å²) in [6, 6.07) is -0.205. The molecule has 0 aliphatic carbocycles. The van der Waals surface area contributed by atoms with Crippen LogP contribution in [-0.2, 0) is 0 Å². The Morgan fingerprint density at radius 1 is 1.57 bits per heavy atom. The number of terminal acetylenes is 1. The van der Waals surface area contributed by atoms with Gasteiger partial charge in [-0.15, -0.1) is 6.42 Å². The Morgan fingerprint density at radius 2 is 2.36 bits per heavy atom. The topological polar surface area (TPSA) is 52.5 Å². The van der Waals surface area contributed by atoms with Crippen molar-refractivity contribution in [3.05, 3.63) is 23.8 Å². The first-order chi connectivity index (χ1) is 6.74. The normalized spacial score (nSPS) is 25.9. The molecule has 3 nitrogen and oxygen atoms in total. The van der Waals surface area contributed by atoms with Crippen molar-refractivity contribution >= 4 is 0 Å². The van der Waals surface area contributed by atoms with Crippen LogP contribution in [0.4, 0.5) is 0 Å². The molecule has 3 heteroatoms. The van der Waals surface area contributed by atoms with Crippen LogP contribution in [0.25, 0.3) is 0 Å². The predicted octanol–water partition coefficient (Wildman–Crippen LogP) is 0.165. The third-order valence-corrected chi connectivity index (χ3v) is 2.25. The molecular weight excluding hydrogens is 178 g/mol. The van der Waals surface area contributed by atoms with Crippen LogP contribution in [0, 0.1) is 12.3 Å². The van der Waals surface area contributed by atoms with E-state index in [-0.39, 0.29) is 6.04 Å². The van der Waals surface area contributed by atoms with Gasteiger partial charge in [-0.05, 0) is 18.9 Å². The molecule has 1 heterocycles. The summed E-state index contributed by atoms with van der Waals surface area (Å²) in [5, 5.41) is 20.9. The van der Waals surface area contributed by atoms with Gasteiger partial charge in [0.05, 0.1) is 6.04 Å². The zero-order valence-electron chi connectivity index (χ0n) is 7.98. The van der Waals surface area contributed by atoms with Crippen molar-refractivity contribution in [3.63, 3.8) is 0 Å². The van der Waals surface area contributed by atoms with Gasteiger partial charge in [-0.3, -0.25) is 0 Å². The Labute approximate surface area is 84.1 Å². The van der Waals surface area contributed by atoms with Crippen molar-refractivity contribution in [1.82, 2.24) is 5.32 Å². The number of aliphatic hydroxyl groups is 2. The maximum Gasteiger partial charge on any atom is 0.167 e. The summed E-state index contributed by atoms with van der Waals surface area (Å²) in [6.45, 7) is 0.692. The lowest BCUT2D eigenvalue weighted by Crippen LogP contribution is -2.43. The summed E-state index contributed by atoms with van der Waals surface area (Å²) in [6.07, 6.45) is 10.8. The number of allylic oxidation sites excluding steroid dienone is 3. The lowest BCUT2D eigenvalue weighted by Gasteiger charge is -2.26. The number of hydrogen-bond donors (Lipinski definition) is 3. The summed E-state index contributed by atoms with van der Waals surface area (Å²) < 4.78 is 0. The minimum absolute atomic E-state index is 0.205. The molecule has 0 spiro atoms. The molecule has 1 saturated heterocycles. The SMILES string of the molecule is C#C/C=C\C=C1/CC[C@@H](C(O)O)NC1. The lowest BCUT2D eigenvalue weighted by atomic mass is 9.99. The van der Waals surface area contributed by atoms with E-state index in [4.69, 9.17) is 16.6 Å². The fourth-order valence-corrected chi connectivity index (χ4v) is 1.43. The molecule has 0 radical (unpaired) electrons. The Kier molecular flexibility index (Phi) is 4.41. The fraction of sp³-hybridized carbons (Fsp3) is 0.455. The quantitative estimate of drug-likeness (QED) is 0.432. The predicted molar refractivity (Wildman–Crippen MR) is 55.3 cm³/mol. The van der Waals surface area contributed by atoms with Crippen molar-refractivity contribution in [3.8, 4) is 12.3 Å². The van der Waals surface area contributed by atoms with Crippen molar-refractivity contribution < 1.29 is 10.2 Å². The van der Waals surface area contributed by atoms with Gasteiger partial charge in [0.25, 0.3) is 0 Å². The van der Waals surface area contributed by atoms with E-state index in [1.54, 1.807) is 6.08 Å². The van der Waals surface area contributed by atoms with E-state index in [2.05, 4.69) is 11.2 Å². The van der Waals surface area contributed by atoms with Gasteiger partial charge in [0.15, 0.2) is 6.29 Å². The molecule has 76 valence electrons. The molecule has 1 atom stereocenters. The summed E-state index contributed by atoms with van der Waals surface area (Å²) in [4.78, 5) is 0. The number of aliphatic hydroxyl groups excluding tert-OH is 1. The molecule has 1 rings (SSSR count). The minimum atomic E-state index is -1.27. The molecule has 0 aromatic carbocycles. The lowest BCUT2D eigenvalue weighted by molar-refractivity contribution is -0.0700. The van der Waals surface area contributed by atoms with E-state index in [0.29, 0.717) is 6.54 Å². The molecule has 3 N–H and O–H groups in total. The molecule has 0 aromatic heterocycles. The first kappa shape index (κ1) is 11.0. The molecule has 1 aliphatic heterocycles. The maximum absolute atomic E-state index is 8.91. The van der Waals surface area contributed by atoms with E-state index in [9.17, 15) is 0 Å². The molecule has 0 bridgehead atoms. The number of rotatable bonds is 2. The van der Waals surface area contributed by atoms with Crippen LogP contribution in [0.15, 0.2) is 23.8 Å². The highest BCUT2D eigenvalue weighted by atomic mass is 16.5. The zero-order valence-corrected chi connectivity index (χ0v) is 7.98. The summed E-state index contributed by atoms with van der Waals surface area (Å²) >= 11 is 0.